The molecule has 0 amide bonds. The molecule has 0 saturated heterocycles. The van der Waals surface area contributed by atoms with Gasteiger partial charge < -0.3 is 4.57 Å². The molecule has 0 spiro atoms. The van der Waals surface area contributed by atoms with Crippen molar-refractivity contribution in [3.63, 3.8) is 0 Å². The Morgan fingerprint density at radius 1 is 0.833 bits per heavy atom. The molecule has 0 radical (unpaired) electrons. The monoisotopic (exact) mass is 338 g/mol. The van der Waals surface area contributed by atoms with E-state index >= 15 is 0 Å². The summed E-state index contributed by atoms with van der Waals surface area (Å²) in [6.45, 7) is 5.44. The van der Waals surface area contributed by atoms with Gasteiger partial charge in [0.25, 0.3) is 0 Å². The van der Waals surface area contributed by atoms with Crippen molar-refractivity contribution in [3.05, 3.63) is 65.6 Å². The summed E-state index contributed by atoms with van der Waals surface area (Å²) < 4.78 is 2.32. The first-order chi connectivity index (χ1) is 11.2. The smallest absolute Gasteiger partial charge is 0.109 e. The average Bonchev–Trinajstić information content (AvgIpc) is 3.02. The molecule has 1 aromatic heterocycles. The highest BCUT2D eigenvalue weighted by molar-refractivity contribution is 5.85. The highest BCUT2D eigenvalue weighted by Gasteiger charge is 2.13. The number of aryl methyl sites for hydroxylation is 4. The summed E-state index contributed by atoms with van der Waals surface area (Å²) in [5, 5.41) is 0. The summed E-state index contributed by atoms with van der Waals surface area (Å²) in [5.41, 5.74) is 7.54. The zero-order valence-electron chi connectivity index (χ0n) is 14.2. The van der Waals surface area contributed by atoms with Crippen LogP contribution in [0.3, 0.4) is 0 Å². The van der Waals surface area contributed by atoms with Crippen LogP contribution in [0.4, 0.5) is 0 Å². The topological polar surface area (TPSA) is 17.8 Å². The molecule has 4 rings (SSSR count). The molecule has 2 aromatic carbocycles. The molecule has 3 heteroatoms. The van der Waals surface area contributed by atoms with Gasteiger partial charge in [-0.2, -0.15) is 0 Å². The predicted octanol–water partition coefficient (Wildman–Crippen LogP) is 5.59. The average molecular weight is 339 g/mol. The first-order valence-electron chi connectivity index (χ1n) is 8.45. The van der Waals surface area contributed by atoms with Crippen molar-refractivity contribution in [3.8, 4) is 22.4 Å². The van der Waals surface area contributed by atoms with Crippen molar-refractivity contribution < 1.29 is 0 Å². The number of aromatic nitrogens is 2. The van der Waals surface area contributed by atoms with Crippen LogP contribution in [0.5, 0.6) is 0 Å². The van der Waals surface area contributed by atoms with Gasteiger partial charge in [-0.25, -0.2) is 4.98 Å². The van der Waals surface area contributed by atoms with Crippen LogP contribution < -0.4 is 0 Å². The molecule has 0 unspecified atom stereocenters. The van der Waals surface area contributed by atoms with Crippen molar-refractivity contribution in [1.82, 2.24) is 9.55 Å². The Hall–Kier alpha value is -2.06. The lowest BCUT2D eigenvalue weighted by Gasteiger charge is -2.11. The lowest BCUT2D eigenvalue weighted by Crippen LogP contribution is -2.08. The molecule has 0 aliphatic carbocycles. The van der Waals surface area contributed by atoms with Crippen LogP contribution in [0.25, 0.3) is 22.4 Å². The number of nitrogens with zero attached hydrogens (tertiary/aromatic N) is 2. The summed E-state index contributed by atoms with van der Waals surface area (Å²) >= 11 is 0. The first kappa shape index (κ1) is 16.8. The van der Waals surface area contributed by atoms with E-state index in [0.717, 1.165) is 18.7 Å². The zero-order chi connectivity index (χ0) is 15.8. The second-order valence-corrected chi connectivity index (χ2v) is 6.57. The van der Waals surface area contributed by atoms with Crippen LogP contribution in [-0.2, 0) is 13.0 Å². The highest BCUT2D eigenvalue weighted by atomic mass is 35.5. The minimum atomic E-state index is 0. The van der Waals surface area contributed by atoms with Crippen LogP contribution in [0.1, 0.15) is 29.8 Å². The van der Waals surface area contributed by atoms with E-state index in [1.54, 1.807) is 0 Å². The molecular formula is C21H23ClN2. The van der Waals surface area contributed by atoms with Gasteiger partial charge in [0.2, 0.25) is 0 Å². The second kappa shape index (κ2) is 6.82. The van der Waals surface area contributed by atoms with Crippen LogP contribution in [-0.4, -0.2) is 9.55 Å². The standard InChI is InChI=1S/C21H22N2.ClH/c1-15-6-7-19(13-16(15)2)17-8-10-18(11-9-17)20-14-23-12-4-3-5-21(23)22-20;/h6-11,13-14H,3-5,12H2,1-2H3;1H. The summed E-state index contributed by atoms with van der Waals surface area (Å²) in [5.74, 6) is 1.24. The fourth-order valence-electron chi connectivity index (χ4n) is 3.31. The van der Waals surface area contributed by atoms with E-state index in [1.165, 1.54) is 46.5 Å². The van der Waals surface area contributed by atoms with Crippen molar-refractivity contribution in [2.24, 2.45) is 0 Å². The summed E-state index contributed by atoms with van der Waals surface area (Å²) in [6, 6.07) is 15.5. The molecule has 2 heterocycles. The fraction of sp³-hybridized carbons (Fsp3) is 0.286. The molecule has 3 aromatic rings. The maximum atomic E-state index is 4.81. The Labute approximate surface area is 150 Å². The quantitative estimate of drug-likeness (QED) is 0.595. The minimum Gasteiger partial charge on any atom is -0.334 e. The molecule has 0 fully saturated rings. The first-order valence-corrected chi connectivity index (χ1v) is 8.45. The van der Waals surface area contributed by atoms with Gasteiger partial charge in [-0.15, -0.1) is 12.4 Å². The third kappa shape index (κ3) is 3.11. The molecule has 1 aliphatic rings. The van der Waals surface area contributed by atoms with Gasteiger partial charge in [0.1, 0.15) is 5.82 Å². The van der Waals surface area contributed by atoms with Gasteiger partial charge >= 0.3 is 0 Å². The van der Waals surface area contributed by atoms with Crippen molar-refractivity contribution in [1.29, 1.82) is 0 Å². The molecular weight excluding hydrogens is 316 g/mol. The van der Waals surface area contributed by atoms with Crippen molar-refractivity contribution in [2.75, 3.05) is 0 Å². The number of fused-ring (bicyclic) bond motifs is 1. The highest BCUT2D eigenvalue weighted by Crippen LogP contribution is 2.27. The van der Waals surface area contributed by atoms with Gasteiger partial charge in [0.15, 0.2) is 0 Å². The van der Waals surface area contributed by atoms with E-state index in [1.807, 2.05) is 0 Å². The maximum absolute atomic E-state index is 4.81. The van der Waals surface area contributed by atoms with Gasteiger partial charge in [-0.3, -0.25) is 0 Å². The molecule has 0 atom stereocenters. The second-order valence-electron chi connectivity index (χ2n) is 6.57. The number of halogens is 1. The Kier molecular flexibility index (Phi) is 4.77. The van der Waals surface area contributed by atoms with Crippen LogP contribution >= 0.6 is 12.4 Å². The Bertz CT molecular complexity index is 823. The van der Waals surface area contributed by atoms with Crippen molar-refractivity contribution in [2.45, 2.75) is 39.7 Å². The predicted molar refractivity (Wildman–Crippen MR) is 103 cm³/mol. The molecule has 24 heavy (non-hydrogen) atoms. The van der Waals surface area contributed by atoms with E-state index in [9.17, 15) is 0 Å². The molecule has 2 nitrogen and oxygen atoms in total. The van der Waals surface area contributed by atoms with E-state index in [-0.39, 0.29) is 12.4 Å². The van der Waals surface area contributed by atoms with E-state index in [4.69, 9.17) is 4.98 Å². The third-order valence-electron chi connectivity index (χ3n) is 4.93. The molecule has 0 N–H and O–H groups in total. The number of rotatable bonds is 2. The SMILES string of the molecule is Cc1ccc(-c2ccc(-c3cn4c(n3)CCCC4)cc2)cc1C.Cl. The Morgan fingerprint density at radius 3 is 2.25 bits per heavy atom. The van der Waals surface area contributed by atoms with Gasteiger partial charge in [0, 0.05) is 24.7 Å². The van der Waals surface area contributed by atoms with Crippen LogP contribution in [0.2, 0.25) is 0 Å². The van der Waals surface area contributed by atoms with Crippen molar-refractivity contribution >= 4 is 12.4 Å². The van der Waals surface area contributed by atoms with Gasteiger partial charge in [0.05, 0.1) is 5.69 Å². The largest absolute Gasteiger partial charge is 0.334 e. The lowest BCUT2D eigenvalue weighted by atomic mass is 9.99. The Balaban J connectivity index is 0.00000169. The van der Waals surface area contributed by atoms with Gasteiger partial charge in [-0.05, 0) is 48.9 Å². The summed E-state index contributed by atoms with van der Waals surface area (Å²) in [4.78, 5) is 4.81. The molecule has 124 valence electrons. The summed E-state index contributed by atoms with van der Waals surface area (Å²) in [7, 11) is 0. The Morgan fingerprint density at radius 2 is 1.54 bits per heavy atom. The van der Waals surface area contributed by atoms with E-state index in [0.29, 0.717) is 0 Å². The number of hydrogen-bond donors (Lipinski definition) is 0. The number of hydrogen-bond acceptors (Lipinski definition) is 1. The van der Waals surface area contributed by atoms with Crippen LogP contribution in [0.15, 0.2) is 48.7 Å². The molecule has 0 bridgehead atoms. The number of imidazole rings is 1. The minimum absolute atomic E-state index is 0. The lowest BCUT2D eigenvalue weighted by molar-refractivity contribution is 0.522. The molecule has 1 aliphatic heterocycles. The summed E-state index contributed by atoms with van der Waals surface area (Å²) in [6.07, 6.45) is 5.86. The number of benzene rings is 2. The third-order valence-corrected chi connectivity index (χ3v) is 4.93. The van der Waals surface area contributed by atoms with E-state index in [2.05, 4.69) is 67.1 Å². The maximum Gasteiger partial charge on any atom is 0.109 e. The normalized spacial score (nSPS) is 13.2. The van der Waals surface area contributed by atoms with Gasteiger partial charge in [-0.1, -0.05) is 42.5 Å². The van der Waals surface area contributed by atoms with Crippen LogP contribution in [0, 0.1) is 13.8 Å². The van der Waals surface area contributed by atoms with E-state index < -0.39 is 0 Å². The molecule has 0 saturated carbocycles. The zero-order valence-corrected chi connectivity index (χ0v) is 15.1. The fourth-order valence-corrected chi connectivity index (χ4v) is 3.31.